The third-order valence-electron chi connectivity index (χ3n) is 3.37. The molecule has 0 amide bonds. The molecule has 1 aliphatic rings. The number of aliphatic hydroxyl groups excluding tert-OH is 1. The van der Waals surface area contributed by atoms with Gasteiger partial charge in [-0.3, -0.25) is 0 Å². The minimum atomic E-state index is -0.148. The Balaban J connectivity index is 1.85. The van der Waals surface area contributed by atoms with Gasteiger partial charge in [-0.25, -0.2) is 0 Å². The second-order valence-corrected chi connectivity index (χ2v) is 7.26. The van der Waals surface area contributed by atoms with Crippen molar-refractivity contribution in [3.8, 4) is 0 Å². The van der Waals surface area contributed by atoms with Gasteiger partial charge in [0.2, 0.25) is 0 Å². The molecule has 2 atom stereocenters. The molecule has 0 radical (unpaired) electrons. The molecule has 1 saturated carbocycles. The summed E-state index contributed by atoms with van der Waals surface area (Å²) in [5.41, 5.74) is 0.0223. The molecular weight excluding hydrogens is 274 g/mol. The molecule has 0 saturated heterocycles. The second-order valence-electron chi connectivity index (χ2n) is 4.71. The Bertz CT molecular complexity index is 350. The first-order valence-corrected chi connectivity index (χ1v) is 6.77. The maximum absolute atomic E-state index is 9.60. The Morgan fingerprint density at radius 2 is 2.33 bits per heavy atom. The van der Waals surface area contributed by atoms with Crippen molar-refractivity contribution in [2.45, 2.75) is 39.0 Å². The maximum atomic E-state index is 9.60. The van der Waals surface area contributed by atoms with Crippen molar-refractivity contribution in [2.75, 3.05) is 0 Å². The van der Waals surface area contributed by atoms with Gasteiger partial charge in [-0.15, -0.1) is 11.3 Å². The van der Waals surface area contributed by atoms with Crippen LogP contribution in [0.3, 0.4) is 0 Å². The first-order chi connectivity index (χ1) is 7.00. The van der Waals surface area contributed by atoms with Crippen LogP contribution in [0.25, 0.3) is 0 Å². The quantitative estimate of drug-likeness (QED) is 0.897. The lowest BCUT2D eigenvalue weighted by atomic mass is 9.64. The van der Waals surface area contributed by atoms with Gasteiger partial charge >= 0.3 is 0 Å². The zero-order valence-electron chi connectivity index (χ0n) is 8.96. The number of nitrogens with one attached hydrogen (secondary N) is 1. The molecule has 2 N–H and O–H groups in total. The lowest BCUT2D eigenvalue weighted by Crippen LogP contribution is -2.59. The van der Waals surface area contributed by atoms with E-state index in [0.29, 0.717) is 6.04 Å². The molecule has 2 nitrogen and oxygen atoms in total. The zero-order chi connectivity index (χ0) is 11.1. The summed E-state index contributed by atoms with van der Waals surface area (Å²) in [6.07, 6.45) is 0.726. The highest BCUT2D eigenvalue weighted by Gasteiger charge is 2.46. The summed E-state index contributed by atoms with van der Waals surface area (Å²) in [5.74, 6) is 0. The Morgan fingerprint density at radius 3 is 2.80 bits per heavy atom. The molecule has 1 heterocycles. The Morgan fingerprint density at radius 1 is 1.60 bits per heavy atom. The van der Waals surface area contributed by atoms with Crippen LogP contribution >= 0.6 is 27.3 Å². The molecule has 0 spiro atoms. The summed E-state index contributed by atoms with van der Waals surface area (Å²) in [5, 5.41) is 13.1. The summed E-state index contributed by atoms with van der Waals surface area (Å²) >= 11 is 5.21. The van der Waals surface area contributed by atoms with E-state index in [0.717, 1.165) is 13.0 Å². The highest BCUT2D eigenvalue weighted by Crippen LogP contribution is 2.40. The molecule has 0 aliphatic heterocycles. The van der Waals surface area contributed by atoms with Gasteiger partial charge in [0.25, 0.3) is 0 Å². The van der Waals surface area contributed by atoms with Crippen molar-refractivity contribution in [3.05, 3.63) is 20.8 Å². The molecule has 2 unspecified atom stereocenters. The van der Waals surface area contributed by atoms with Crippen LogP contribution in [0.4, 0.5) is 0 Å². The van der Waals surface area contributed by atoms with Crippen LogP contribution in [0.2, 0.25) is 0 Å². The van der Waals surface area contributed by atoms with Crippen LogP contribution in [-0.2, 0) is 6.54 Å². The van der Waals surface area contributed by atoms with E-state index in [4.69, 9.17) is 0 Å². The van der Waals surface area contributed by atoms with Crippen LogP contribution < -0.4 is 5.32 Å². The van der Waals surface area contributed by atoms with Crippen molar-refractivity contribution in [1.82, 2.24) is 5.32 Å². The topological polar surface area (TPSA) is 32.3 Å². The summed E-state index contributed by atoms with van der Waals surface area (Å²) in [6, 6.07) is 4.64. The van der Waals surface area contributed by atoms with E-state index in [-0.39, 0.29) is 11.5 Å². The number of rotatable bonds is 3. The smallest absolute Gasteiger partial charge is 0.0701 e. The predicted molar refractivity (Wildman–Crippen MR) is 67.1 cm³/mol. The van der Waals surface area contributed by atoms with Gasteiger partial charge in [0.15, 0.2) is 0 Å². The average Bonchev–Trinajstić information content (AvgIpc) is 2.58. The number of thiophene rings is 1. The zero-order valence-corrected chi connectivity index (χ0v) is 11.4. The first-order valence-electron chi connectivity index (χ1n) is 5.16. The fraction of sp³-hybridized carbons (Fsp3) is 0.636. The minimum Gasteiger partial charge on any atom is -0.392 e. The molecular formula is C11H16BrNOS. The van der Waals surface area contributed by atoms with Gasteiger partial charge in [-0.2, -0.15) is 0 Å². The van der Waals surface area contributed by atoms with Crippen LogP contribution in [0, 0.1) is 5.41 Å². The van der Waals surface area contributed by atoms with Crippen LogP contribution in [0.15, 0.2) is 15.9 Å². The predicted octanol–water partition coefficient (Wildman–Crippen LogP) is 2.76. The second kappa shape index (κ2) is 4.17. The monoisotopic (exact) mass is 289 g/mol. The van der Waals surface area contributed by atoms with Gasteiger partial charge in [0, 0.05) is 22.9 Å². The molecule has 1 aromatic heterocycles. The lowest BCUT2D eigenvalue weighted by molar-refractivity contribution is -0.0729. The van der Waals surface area contributed by atoms with E-state index in [1.165, 1.54) is 8.66 Å². The fourth-order valence-electron chi connectivity index (χ4n) is 1.92. The summed E-state index contributed by atoms with van der Waals surface area (Å²) in [7, 11) is 0. The van der Waals surface area contributed by atoms with E-state index >= 15 is 0 Å². The molecule has 0 aromatic carbocycles. The molecule has 0 bridgehead atoms. The van der Waals surface area contributed by atoms with E-state index in [9.17, 15) is 5.11 Å². The molecule has 15 heavy (non-hydrogen) atoms. The van der Waals surface area contributed by atoms with Crippen molar-refractivity contribution in [2.24, 2.45) is 5.41 Å². The Labute approximate surface area is 103 Å². The molecule has 1 aliphatic carbocycles. The number of hydrogen-bond donors (Lipinski definition) is 2. The van der Waals surface area contributed by atoms with E-state index < -0.39 is 0 Å². The van der Waals surface area contributed by atoms with Crippen LogP contribution in [0.1, 0.15) is 25.1 Å². The van der Waals surface area contributed by atoms with Crippen LogP contribution in [0.5, 0.6) is 0 Å². The molecule has 4 heteroatoms. The van der Waals surface area contributed by atoms with Gasteiger partial charge in [0.1, 0.15) is 0 Å². The molecule has 2 rings (SSSR count). The number of aliphatic hydroxyl groups is 1. The number of halogens is 1. The average molecular weight is 290 g/mol. The van der Waals surface area contributed by atoms with Crippen LogP contribution in [-0.4, -0.2) is 17.3 Å². The first kappa shape index (κ1) is 11.6. The molecule has 1 fully saturated rings. The minimum absolute atomic E-state index is 0.0223. The summed E-state index contributed by atoms with van der Waals surface area (Å²) in [6.45, 7) is 5.13. The van der Waals surface area contributed by atoms with Gasteiger partial charge in [0.05, 0.1) is 9.89 Å². The van der Waals surface area contributed by atoms with Crippen molar-refractivity contribution >= 4 is 27.3 Å². The van der Waals surface area contributed by atoms with Gasteiger partial charge in [-0.05, 0) is 34.5 Å². The summed E-state index contributed by atoms with van der Waals surface area (Å²) in [4.78, 5) is 1.33. The normalized spacial score (nSPS) is 28.8. The van der Waals surface area contributed by atoms with Crippen molar-refractivity contribution < 1.29 is 5.11 Å². The van der Waals surface area contributed by atoms with Gasteiger partial charge in [-0.1, -0.05) is 13.8 Å². The van der Waals surface area contributed by atoms with Crippen molar-refractivity contribution in [1.29, 1.82) is 0 Å². The SMILES string of the molecule is CC1(C)C(O)CC1NCc1ccc(Br)s1. The highest BCUT2D eigenvalue weighted by molar-refractivity contribution is 9.11. The van der Waals surface area contributed by atoms with Crippen molar-refractivity contribution in [3.63, 3.8) is 0 Å². The fourth-order valence-corrected chi connectivity index (χ4v) is 3.35. The third-order valence-corrected chi connectivity index (χ3v) is 4.99. The standard InChI is InChI=1S/C11H16BrNOS/c1-11(2)8(5-9(11)14)13-6-7-3-4-10(12)15-7/h3-4,8-9,13-14H,5-6H2,1-2H3. The highest BCUT2D eigenvalue weighted by atomic mass is 79.9. The third kappa shape index (κ3) is 2.28. The van der Waals surface area contributed by atoms with E-state index in [1.807, 2.05) is 0 Å². The van der Waals surface area contributed by atoms with E-state index in [2.05, 4.69) is 47.2 Å². The molecule has 1 aromatic rings. The summed E-state index contributed by atoms with van der Waals surface area (Å²) < 4.78 is 1.17. The maximum Gasteiger partial charge on any atom is 0.0701 e. The number of hydrogen-bond acceptors (Lipinski definition) is 3. The largest absolute Gasteiger partial charge is 0.392 e. The van der Waals surface area contributed by atoms with E-state index in [1.54, 1.807) is 11.3 Å². The Kier molecular flexibility index (Phi) is 3.22. The lowest BCUT2D eigenvalue weighted by Gasteiger charge is -2.49. The molecule has 84 valence electrons. The van der Waals surface area contributed by atoms with Gasteiger partial charge < -0.3 is 10.4 Å². The Hall–Kier alpha value is 0.1000.